The molecule has 0 N–H and O–H groups in total. The monoisotopic (exact) mass is 891 g/mol. The summed E-state index contributed by atoms with van der Waals surface area (Å²) in [6.07, 6.45) is 52.6. The van der Waals surface area contributed by atoms with Crippen LogP contribution in [0.15, 0.2) is 0 Å². The van der Waals surface area contributed by atoms with Crippen molar-refractivity contribution in [2.45, 2.75) is 323 Å². The van der Waals surface area contributed by atoms with E-state index in [0.717, 1.165) is 69.6 Å². The van der Waals surface area contributed by atoms with Gasteiger partial charge in [0.15, 0.2) is 6.10 Å². The number of carbonyl (C=O) groups excluding carboxylic acids is 3. The van der Waals surface area contributed by atoms with Crippen LogP contribution in [0.4, 0.5) is 0 Å². The van der Waals surface area contributed by atoms with Crippen molar-refractivity contribution in [1.29, 1.82) is 0 Å². The molecule has 0 aliphatic heterocycles. The van der Waals surface area contributed by atoms with E-state index in [1.165, 1.54) is 205 Å². The molecule has 0 aromatic carbocycles. The molecule has 0 heterocycles. The molecule has 0 rings (SSSR count). The summed E-state index contributed by atoms with van der Waals surface area (Å²) in [5, 5.41) is 0. The number of unbranched alkanes of at least 4 members (excludes halogenated alkanes) is 36. The second-order valence-corrected chi connectivity index (χ2v) is 20.5. The van der Waals surface area contributed by atoms with Crippen LogP contribution in [0.1, 0.15) is 317 Å². The quantitative estimate of drug-likeness (QED) is 0.0344. The Hall–Kier alpha value is -1.59. The molecule has 1 atom stereocenters. The van der Waals surface area contributed by atoms with E-state index in [-0.39, 0.29) is 31.1 Å². The number of esters is 3. The molecule has 6 nitrogen and oxygen atoms in total. The van der Waals surface area contributed by atoms with E-state index >= 15 is 0 Å². The van der Waals surface area contributed by atoms with Crippen molar-refractivity contribution >= 4 is 17.9 Å². The maximum absolute atomic E-state index is 12.8. The van der Waals surface area contributed by atoms with Crippen molar-refractivity contribution in [3.05, 3.63) is 0 Å². The zero-order valence-electron chi connectivity index (χ0n) is 43.2. The molecular weight excluding hydrogens is 781 g/mol. The number of carbonyl (C=O) groups is 3. The Kier molecular flexibility index (Phi) is 48.6. The highest BCUT2D eigenvalue weighted by Gasteiger charge is 2.19. The highest BCUT2D eigenvalue weighted by molar-refractivity contribution is 5.71. The van der Waals surface area contributed by atoms with E-state index in [1.54, 1.807) is 0 Å². The van der Waals surface area contributed by atoms with Crippen LogP contribution in [0.5, 0.6) is 0 Å². The number of hydrogen-bond acceptors (Lipinski definition) is 6. The smallest absolute Gasteiger partial charge is 0.306 e. The van der Waals surface area contributed by atoms with Gasteiger partial charge < -0.3 is 14.2 Å². The van der Waals surface area contributed by atoms with Gasteiger partial charge in [-0.1, -0.05) is 279 Å². The fourth-order valence-corrected chi connectivity index (χ4v) is 8.70. The van der Waals surface area contributed by atoms with E-state index in [9.17, 15) is 14.4 Å². The van der Waals surface area contributed by atoms with Crippen molar-refractivity contribution in [1.82, 2.24) is 0 Å². The van der Waals surface area contributed by atoms with Gasteiger partial charge in [0, 0.05) is 19.3 Å². The van der Waals surface area contributed by atoms with Crippen LogP contribution in [-0.4, -0.2) is 37.2 Å². The number of hydrogen-bond donors (Lipinski definition) is 0. The lowest BCUT2D eigenvalue weighted by molar-refractivity contribution is -0.167. The van der Waals surface area contributed by atoms with Crippen LogP contribution in [0.3, 0.4) is 0 Å². The van der Waals surface area contributed by atoms with E-state index < -0.39 is 6.10 Å². The Morgan fingerprint density at radius 2 is 0.524 bits per heavy atom. The minimum Gasteiger partial charge on any atom is -0.462 e. The van der Waals surface area contributed by atoms with Gasteiger partial charge in [-0.25, -0.2) is 0 Å². The first-order valence-corrected chi connectivity index (χ1v) is 28.2. The molecule has 0 fully saturated rings. The lowest BCUT2D eigenvalue weighted by Crippen LogP contribution is -2.30. The molecule has 63 heavy (non-hydrogen) atoms. The molecule has 374 valence electrons. The zero-order valence-corrected chi connectivity index (χ0v) is 43.2. The first-order chi connectivity index (χ1) is 30.7. The average molecular weight is 892 g/mol. The fraction of sp³-hybridized carbons (Fsp3) is 0.947. The van der Waals surface area contributed by atoms with Gasteiger partial charge in [-0.15, -0.1) is 0 Å². The van der Waals surface area contributed by atoms with Crippen LogP contribution < -0.4 is 0 Å². The summed E-state index contributed by atoms with van der Waals surface area (Å²) in [7, 11) is 0. The Labute approximate surface area is 393 Å². The first-order valence-electron chi connectivity index (χ1n) is 28.2. The maximum Gasteiger partial charge on any atom is 0.306 e. The second-order valence-electron chi connectivity index (χ2n) is 20.5. The Morgan fingerprint density at radius 1 is 0.302 bits per heavy atom. The van der Waals surface area contributed by atoms with Gasteiger partial charge in [-0.3, -0.25) is 14.4 Å². The summed E-state index contributed by atoms with van der Waals surface area (Å²) in [4.78, 5) is 38.0. The molecule has 6 heteroatoms. The Morgan fingerprint density at radius 3 is 0.778 bits per heavy atom. The first kappa shape index (κ1) is 61.4. The largest absolute Gasteiger partial charge is 0.462 e. The lowest BCUT2D eigenvalue weighted by atomic mass is 10.0. The third kappa shape index (κ3) is 51.3. The van der Waals surface area contributed by atoms with Crippen molar-refractivity contribution in [3.8, 4) is 0 Å². The molecule has 0 aromatic heterocycles. The van der Waals surface area contributed by atoms with Gasteiger partial charge in [0.2, 0.25) is 0 Å². The Balaban J connectivity index is 4.18. The minimum atomic E-state index is -0.763. The molecule has 0 saturated carbocycles. The second kappa shape index (κ2) is 49.8. The summed E-state index contributed by atoms with van der Waals surface area (Å²) in [6, 6.07) is 0. The molecule has 0 unspecified atom stereocenters. The molecular formula is C57H110O6. The average Bonchev–Trinajstić information content (AvgIpc) is 3.25. The Bertz CT molecular complexity index is 962. The fourth-order valence-electron chi connectivity index (χ4n) is 8.70. The van der Waals surface area contributed by atoms with Crippen LogP contribution in [0.25, 0.3) is 0 Å². The van der Waals surface area contributed by atoms with Gasteiger partial charge in [-0.05, 0) is 31.1 Å². The maximum atomic E-state index is 12.8. The molecule has 0 radical (unpaired) electrons. The highest BCUT2D eigenvalue weighted by atomic mass is 16.6. The predicted molar refractivity (Wildman–Crippen MR) is 270 cm³/mol. The van der Waals surface area contributed by atoms with Crippen molar-refractivity contribution in [2.24, 2.45) is 11.8 Å². The highest BCUT2D eigenvalue weighted by Crippen LogP contribution is 2.18. The standard InChI is InChI=1S/C57H110O6/c1-6-7-8-9-10-11-12-13-14-15-16-17-18-22-25-28-31-37-42-47-55(58)61-50-54(63-57(60)49-44-39-34-33-36-41-46-53(4)5)51-62-56(59)48-43-38-32-29-26-23-20-19-21-24-27-30-35-40-45-52(2)3/h52-54H,6-51H2,1-5H3/t54-/m1/s1. The third-order valence-electron chi connectivity index (χ3n) is 13.0. The van der Waals surface area contributed by atoms with E-state index in [4.69, 9.17) is 14.2 Å². The van der Waals surface area contributed by atoms with E-state index in [2.05, 4.69) is 34.6 Å². The van der Waals surface area contributed by atoms with Crippen LogP contribution in [0.2, 0.25) is 0 Å². The van der Waals surface area contributed by atoms with Gasteiger partial charge in [0.05, 0.1) is 0 Å². The summed E-state index contributed by atoms with van der Waals surface area (Å²) in [5.41, 5.74) is 0. The van der Waals surface area contributed by atoms with Gasteiger partial charge >= 0.3 is 17.9 Å². The molecule has 0 amide bonds. The third-order valence-corrected chi connectivity index (χ3v) is 13.0. The predicted octanol–water partition coefficient (Wildman–Crippen LogP) is 18.5. The van der Waals surface area contributed by atoms with Crippen molar-refractivity contribution in [2.75, 3.05) is 13.2 Å². The summed E-state index contributed by atoms with van der Waals surface area (Å²) in [6.45, 7) is 11.3. The SMILES string of the molecule is CCCCCCCCCCCCCCCCCCCCCC(=O)OC[C@H](COC(=O)CCCCCCCCCCCCCCCCC(C)C)OC(=O)CCCCCCCCC(C)C. The van der Waals surface area contributed by atoms with Gasteiger partial charge in [0.1, 0.15) is 13.2 Å². The zero-order chi connectivity index (χ0) is 46.1. The van der Waals surface area contributed by atoms with Gasteiger partial charge in [0.25, 0.3) is 0 Å². The number of rotatable bonds is 51. The normalized spacial score (nSPS) is 12.0. The molecule has 0 aromatic rings. The molecule has 0 saturated heterocycles. The summed E-state index contributed by atoms with van der Waals surface area (Å²) in [5.74, 6) is 0.755. The van der Waals surface area contributed by atoms with E-state index in [0.29, 0.717) is 19.3 Å². The van der Waals surface area contributed by atoms with Crippen LogP contribution in [-0.2, 0) is 28.6 Å². The molecule has 0 aliphatic carbocycles. The molecule has 0 aliphatic rings. The number of ether oxygens (including phenoxy) is 3. The van der Waals surface area contributed by atoms with E-state index in [1.807, 2.05) is 0 Å². The van der Waals surface area contributed by atoms with Gasteiger partial charge in [-0.2, -0.15) is 0 Å². The molecule has 0 spiro atoms. The lowest BCUT2D eigenvalue weighted by Gasteiger charge is -2.18. The topological polar surface area (TPSA) is 78.9 Å². The summed E-state index contributed by atoms with van der Waals surface area (Å²) >= 11 is 0. The van der Waals surface area contributed by atoms with Crippen molar-refractivity contribution < 1.29 is 28.6 Å². The van der Waals surface area contributed by atoms with Crippen LogP contribution >= 0.6 is 0 Å². The molecule has 0 bridgehead atoms. The minimum absolute atomic E-state index is 0.0642. The van der Waals surface area contributed by atoms with Crippen molar-refractivity contribution in [3.63, 3.8) is 0 Å². The summed E-state index contributed by atoms with van der Waals surface area (Å²) < 4.78 is 16.8. The van der Waals surface area contributed by atoms with Crippen LogP contribution in [0, 0.1) is 11.8 Å².